The molecule has 1 aromatic rings. The Hall–Kier alpha value is -1.69. The van der Waals surface area contributed by atoms with Gasteiger partial charge in [0.1, 0.15) is 0 Å². The van der Waals surface area contributed by atoms with Crippen LogP contribution in [-0.4, -0.2) is 24.1 Å². The second-order valence-electron chi connectivity index (χ2n) is 4.43. The Bertz CT molecular complexity index is 433. The number of nitrogens with one attached hydrogen (secondary N) is 2. The average Bonchev–Trinajstić information content (AvgIpc) is 2.84. The van der Waals surface area contributed by atoms with Gasteiger partial charge in [0.05, 0.1) is 16.7 Å². The van der Waals surface area contributed by atoms with Crippen LogP contribution in [0.3, 0.4) is 0 Å². The van der Waals surface area contributed by atoms with E-state index >= 15 is 0 Å². The molecule has 1 aromatic carbocycles. The van der Waals surface area contributed by atoms with Crippen molar-refractivity contribution < 1.29 is 9.31 Å². The molecular weight excluding hydrogens is 237 g/mol. The molecule has 1 atom stereocenters. The lowest BCUT2D eigenvalue weighted by Gasteiger charge is -2.11. The summed E-state index contributed by atoms with van der Waals surface area (Å²) in [7, 11) is 0. The van der Waals surface area contributed by atoms with Crippen molar-refractivity contribution in [3.63, 3.8) is 0 Å². The Morgan fingerprint density at radius 1 is 1.56 bits per heavy atom. The van der Waals surface area contributed by atoms with Gasteiger partial charge in [-0.05, 0) is 31.9 Å². The third kappa shape index (κ3) is 3.16. The van der Waals surface area contributed by atoms with Crippen LogP contribution in [-0.2, 0) is 0 Å². The number of anilines is 1. The van der Waals surface area contributed by atoms with E-state index in [1.54, 1.807) is 0 Å². The normalized spacial score (nSPS) is 18.8. The summed E-state index contributed by atoms with van der Waals surface area (Å²) < 4.78 is 13.5. The number of non-ortho nitro benzene ring substituents is 1. The summed E-state index contributed by atoms with van der Waals surface area (Å²) in [5, 5.41) is 16.8. The lowest BCUT2D eigenvalue weighted by Crippen LogP contribution is -2.24. The third-order valence-electron chi connectivity index (χ3n) is 3.13. The molecule has 5 nitrogen and oxygen atoms in total. The Kier molecular flexibility index (Phi) is 4.09. The summed E-state index contributed by atoms with van der Waals surface area (Å²) >= 11 is 0. The van der Waals surface area contributed by atoms with E-state index in [1.165, 1.54) is 18.6 Å². The molecule has 1 saturated heterocycles. The van der Waals surface area contributed by atoms with Crippen molar-refractivity contribution >= 4 is 11.4 Å². The number of nitrogens with zero attached hydrogens (tertiary/aromatic N) is 1. The van der Waals surface area contributed by atoms with Gasteiger partial charge < -0.3 is 10.6 Å². The lowest BCUT2D eigenvalue weighted by atomic mass is 10.1. The molecule has 6 heteroatoms. The van der Waals surface area contributed by atoms with Gasteiger partial charge in [0.2, 0.25) is 0 Å². The van der Waals surface area contributed by atoms with Crippen molar-refractivity contribution in [2.75, 3.05) is 18.4 Å². The minimum atomic E-state index is -0.602. The molecule has 1 aliphatic rings. The van der Waals surface area contributed by atoms with Crippen LogP contribution >= 0.6 is 0 Å². The zero-order chi connectivity index (χ0) is 13.0. The van der Waals surface area contributed by atoms with Crippen LogP contribution in [0, 0.1) is 15.9 Å². The van der Waals surface area contributed by atoms with Crippen molar-refractivity contribution in [3.05, 3.63) is 34.1 Å². The maximum atomic E-state index is 13.5. The molecule has 0 unspecified atom stereocenters. The second-order valence-corrected chi connectivity index (χ2v) is 4.43. The average molecular weight is 253 g/mol. The third-order valence-corrected chi connectivity index (χ3v) is 3.13. The molecule has 0 spiro atoms. The Morgan fingerprint density at radius 2 is 2.39 bits per heavy atom. The number of hydrogen-bond acceptors (Lipinski definition) is 4. The molecule has 0 amide bonds. The number of hydrogen-bond donors (Lipinski definition) is 2. The molecule has 18 heavy (non-hydrogen) atoms. The van der Waals surface area contributed by atoms with Crippen LogP contribution < -0.4 is 10.6 Å². The molecule has 0 saturated carbocycles. The lowest BCUT2D eigenvalue weighted by molar-refractivity contribution is -0.385. The maximum absolute atomic E-state index is 13.5. The SMILES string of the molecule is O=[N+]([O-])c1ccc(NCC[C@@H]2CCCN2)c(F)c1. The van der Waals surface area contributed by atoms with E-state index in [2.05, 4.69) is 10.6 Å². The van der Waals surface area contributed by atoms with Gasteiger partial charge in [-0.3, -0.25) is 10.1 Å². The smallest absolute Gasteiger partial charge is 0.272 e. The highest BCUT2D eigenvalue weighted by Gasteiger charge is 2.14. The number of nitro benzene ring substituents is 1. The van der Waals surface area contributed by atoms with Crippen molar-refractivity contribution in [1.29, 1.82) is 0 Å². The van der Waals surface area contributed by atoms with E-state index in [9.17, 15) is 14.5 Å². The van der Waals surface area contributed by atoms with Crippen LogP contribution in [0.25, 0.3) is 0 Å². The molecule has 0 aliphatic carbocycles. The van der Waals surface area contributed by atoms with Gasteiger partial charge >= 0.3 is 0 Å². The van der Waals surface area contributed by atoms with Gasteiger partial charge in [-0.2, -0.15) is 0 Å². The van der Waals surface area contributed by atoms with Gasteiger partial charge in [-0.1, -0.05) is 0 Å². The Labute approximate surface area is 105 Å². The predicted octanol–water partition coefficient (Wildman–Crippen LogP) is 2.29. The fraction of sp³-hybridized carbons (Fsp3) is 0.500. The minimum absolute atomic E-state index is 0.226. The highest BCUT2D eigenvalue weighted by atomic mass is 19.1. The van der Waals surface area contributed by atoms with Gasteiger partial charge in [-0.25, -0.2) is 4.39 Å². The zero-order valence-corrected chi connectivity index (χ0v) is 9.99. The van der Waals surface area contributed by atoms with E-state index in [0.29, 0.717) is 18.3 Å². The second kappa shape index (κ2) is 5.77. The van der Waals surface area contributed by atoms with Gasteiger partial charge in [0.15, 0.2) is 5.82 Å². The molecule has 98 valence electrons. The van der Waals surface area contributed by atoms with Crippen molar-refractivity contribution in [1.82, 2.24) is 5.32 Å². The summed E-state index contributed by atoms with van der Waals surface area (Å²) in [6.45, 7) is 1.71. The van der Waals surface area contributed by atoms with Crippen molar-refractivity contribution in [2.45, 2.75) is 25.3 Å². The van der Waals surface area contributed by atoms with Gasteiger partial charge in [-0.15, -0.1) is 0 Å². The largest absolute Gasteiger partial charge is 0.383 e. The van der Waals surface area contributed by atoms with E-state index in [-0.39, 0.29) is 5.69 Å². The number of rotatable bonds is 5. The first-order valence-corrected chi connectivity index (χ1v) is 6.08. The van der Waals surface area contributed by atoms with Crippen LogP contribution in [0.15, 0.2) is 18.2 Å². The van der Waals surface area contributed by atoms with Gasteiger partial charge in [0, 0.05) is 18.7 Å². The minimum Gasteiger partial charge on any atom is -0.383 e. The summed E-state index contributed by atoms with van der Waals surface area (Å²) in [6, 6.07) is 4.16. The predicted molar refractivity (Wildman–Crippen MR) is 67.2 cm³/mol. The Balaban J connectivity index is 1.87. The Morgan fingerprint density at radius 3 is 3.00 bits per heavy atom. The number of halogens is 1. The highest BCUT2D eigenvalue weighted by Crippen LogP contribution is 2.20. The molecule has 2 N–H and O–H groups in total. The molecular formula is C12H16FN3O2. The summed E-state index contributed by atoms with van der Waals surface area (Å²) in [4.78, 5) is 9.86. The quantitative estimate of drug-likeness (QED) is 0.624. The number of nitro groups is 1. The highest BCUT2D eigenvalue weighted by molar-refractivity contribution is 5.50. The molecule has 1 heterocycles. The van der Waals surface area contributed by atoms with E-state index in [4.69, 9.17) is 0 Å². The fourth-order valence-corrected chi connectivity index (χ4v) is 2.15. The first-order chi connectivity index (χ1) is 8.66. The van der Waals surface area contributed by atoms with E-state index in [1.807, 2.05) is 0 Å². The fourth-order valence-electron chi connectivity index (χ4n) is 2.15. The van der Waals surface area contributed by atoms with Crippen LogP contribution in [0.5, 0.6) is 0 Å². The topological polar surface area (TPSA) is 67.2 Å². The first kappa shape index (κ1) is 12.8. The molecule has 0 aromatic heterocycles. The van der Waals surface area contributed by atoms with Crippen molar-refractivity contribution in [2.24, 2.45) is 0 Å². The molecule has 1 aliphatic heterocycles. The van der Waals surface area contributed by atoms with Crippen LogP contribution in [0.4, 0.5) is 15.8 Å². The molecule has 2 rings (SSSR count). The molecule has 1 fully saturated rings. The van der Waals surface area contributed by atoms with E-state index in [0.717, 1.165) is 25.5 Å². The first-order valence-electron chi connectivity index (χ1n) is 6.08. The summed E-state index contributed by atoms with van der Waals surface area (Å²) in [6.07, 6.45) is 3.28. The van der Waals surface area contributed by atoms with Crippen LogP contribution in [0.2, 0.25) is 0 Å². The molecule has 0 bridgehead atoms. The molecule has 0 radical (unpaired) electrons. The van der Waals surface area contributed by atoms with E-state index < -0.39 is 10.7 Å². The van der Waals surface area contributed by atoms with Crippen LogP contribution in [0.1, 0.15) is 19.3 Å². The van der Waals surface area contributed by atoms with Crippen molar-refractivity contribution in [3.8, 4) is 0 Å². The maximum Gasteiger partial charge on any atom is 0.272 e. The monoisotopic (exact) mass is 253 g/mol. The van der Waals surface area contributed by atoms with Gasteiger partial charge in [0.25, 0.3) is 5.69 Å². The number of benzene rings is 1. The standard InChI is InChI=1S/C12H16FN3O2/c13-11-8-10(16(17)18)3-4-12(11)15-7-5-9-2-1-6-14-9/h3-4,8-9,14-15H,1-2,5-7H2/t9-/m0/s1. The summed E-state index contributed by atoms with van der Waals surface area (Å²) in [5.41, 5.74) is 0.0918. The zero-order valence-electron chi connectivity index (χ0n) is 9.99. The summed E-state index contributed by atoms with van der Waals surface area (Å²) in [5.74, 6) is -0.580.